The molecule has 9 heteroatoms. The maximum atomic E-state index is 13.4. The van der Waals surface area contributed by atoms with Gasteiger partial charge in [-0.25, -0.2) is 8.42 Å². The molecule has 0 amide bonds. The van der Waals surface area contributed by atoms with Crippen molar-refractivity contribution in [2.45, 2.75) is 16.1 Å². The first-order chi connectivity index (χ1) is 14.9. The highest BCUT2D eigenvalue weighted by atomic mass is 32.2. The molecular formula is C22H21NO7S. The van der Waals surface area contributed by atoms with Crippen molar-refractivity contribution in [3.05, 3.63) is 94.1 Å². The SMILES string of the molecule is COCOC/C=C1\C=C[C@@H](c2ccc([N+](=O)[O-])cc2)[C@H](S(=O)(=O)c2ccccc2)C1=O. The van der Waals surface area contributed by atoms with Crippen molar-refractivity contribution in [2.75, 3.05) is 20.5 Å². The summed E-state index contributed by atoms with van der Waals surface area (Å²) in [6.07, 6.45) is 4.70. The van der Waals surface area contributed by atoms with E-state index in [1.807, 2.05) is 0 Å². The van der Waals surface area contributed by atoms with Gasteiger partial charge in [0.25, 0.3) is 5.69 Å². The molecule has 1 aliphatic rings. The highest BCUT2D eigenvalue weighted by Crippen LogP contribution is 2.36. The van der Waals surface area contributed by atoms with Crippen LogP contribution in [0.3, 0.4) is 0 Å². The summed E-state index contributed by atoms with van der Waals surface area (Å²) in [5.74, 6) is -1.36. The first-order valence-electron chi connectivity index (χ1n) is 9.39. The molecule has 0 N–H and O–H groups in total. The van der Waals surface area contributed by atoms with E-state index < -0.39 is 31.7 Å². The molecule has 2 aromatic carbocycles. The fourth-order valence-electron chi connectivity index (χ4n) is 3.36. The molecule has 0 radical (unpaired) electrons. The van der Waals surface area contributed by atoms with Crippen molar-refractivity contribution in [3.63, 3.8) is 0 Å². The number of carbonyl (C=O) groups is 1. The number of carbonyl (C=O) groups excluding carboxylic acids is 1. The zero-order valence-electron chi connectivity index (χ0n) is 16.7. The summed E-state index contributed by atoms with van der Waals surface area (Å²) in [4.78, 5) is 23.7. The number of nitro benzene ring substituents is 1. The molecule has 0 saturated heterocycles. The van der Waals surface area contributed by atoms with E-state index in [9.17, 15) is 23.3 Å². The van der Waals surface area contributed by atoms with Crippen LogP contribution in [-0.4, -0.2) is 44.9 Å². The van der Waals surface area contributed by atoms with E-state index in [1.165, 1.54) is 49.6 Å². The van der Waals surface area contributed by atoms with Gasteiger partial charge in [0, 0.05) is 30.7 Å². The van der Waals surface area contributed by atoms with Crippen molar-refractivity contribution in [3.8, 4) is 0 Å². The second-order valence-electron chi connectivity index (χ2n) is 6.81. The average molecular weight is 443 g/mol. The Balaban J connectivity index is 2.05. The maximum absolute atomic E-state index is 13.4. The number of ether oxygens (including phenoxy) is 2. The van der Waals surface area contributed by atoms with Crippen LogP contribution in [0.2, 0.25) is 0 Å². The minimum atomic E-state index is -4.04. The van der Waals surface area contributed by atoms with Crippen molar-refractivity contribution in [1.82, 2.24) is 0 Å². The van der Waals surface area contributed by atoms with Crippen LogP contribution in [0.5, 0.6) is 0 Å². The van der Waals surface area contributed by atoms with Gasteiger partial charge in [-0.05, 0) is 23.8 Å². The number of nitro groups is 1. The smallest absolute Gasteiger partial charge is 0.269 e. The third-order valence-electron chi connectivity index (χ3n) is 4.87. The predicted molar refractivity (Wildman–Crippen MR) is 113 cm³/mol. The van der Waals surface area contributed by atoms with Gasteiger partial charge in [-0.2, -0.15) is 0 Å². The molecular weight excluding hydrogens is 422 g/mol. The largest absolute Gasteiger partial charge is 0.359 e. The lowest BCUT2D eigenvalue weighted by atomic mass is 9.85. The predicted octanol–water partition coefficient (Wildman–Crippen LogP) is 3.21. The highest BCUT2D eigenvalue weighted by molar-refractivity contribution is 7.93. The standard InChI is InChI=1S/C22H21NO7S/c1-29-15-30-14-13-17-9-12-20(16-7-10-18(11-8-16)23(25)26)22(21(17)24)31(27,28)19-5-3-2-4-6-19/h2-13,20,22H,14-15H2,1H3/b17-13+/t20-,22-/m0/s1. The van der Waals surface area contributed by atoms with Crippen LogP contribution in [0.25, 0.3) is 0 Å². The van der Waals surface area contributed by atoms with Crippen LogP contribution in [-0.2, 0) is 24.1 Å². The molecule has 0 spiro atoms. The molecule has 0 heterocycles. The van der Waals surface area contributed by atoms with E-state index in [4.69, 9.17) is 9.47 Å². The third kappa shape index (κ3) is 4.96. The van der Waals surface area contributed by atoms with Gasteiger partial charge in [0.05, 0.1) is 16.4 Å². The van der Waals surface area contributed by atoms with Crippen LogP contribution in [0, 0.1) is 10.1 Å². The number of allylic oxidation sites excluding steroid dienone is 3. The van der Waals surface area contributed by atoms with Crippen LogP contribution >= 0.6 is 0 Å². The molecule has 2 aromatic rings. The van der Waals surface area contributed by atoms with Gasteiger partial charge in [0.15, 0.2) is 15.6 Å². The third-order valence-corrected chi connectivity index (χ3v) is 6.97. The van der Waals surface area contributed by atoms with Crippen LogP contribution in [0.1, 0.15) is 11.5 Å². The minimum absolute atomic E-state index is 0.0329. The lowest BCUT2D eigenvalue weighted by Gasteiger charge is -2.28. The zero-order valence-corrected chi connectivity index (χ0v) is 17.5. The second-order valence-corrected chi connectivity index (χ2v) is 8.88. The normalized spacial score (nSPS) is 20.2. The Morgan fingerprint density at radius 1 is 1.10 bits per heavy atom. The van der Waals surface area contributed by atoms with Gasteiger partial charge >= 0.3 is 0 Å². The first kappa shape index (κ1) is 22.5. The monoisotopic (exact) mass is 443 g/mol. The van der Waals surface area contributed by atoms with Gasteiger partial charge in [-0.15, -0.1) is 0 Å². The molecule has 0 saturated carbocycles. The Hall–Kier alpha value is -3.14. The number of hydrogen-bond donors (Lipinski definition) is 0. The van der Waals surface area contributed by atoms with E-state index in [1.54, 1.807) is 30.4 Å². The molecule has 0 fully saturated rings. The summed E-state index contributed by atoms with van der Waals surface area (Å²) in [5.41, 5.74) is 0.598. The molecule has 31 heavy (non-hydrogen) atoms. The van der Waals surface area contributed by atoms with Gasteiger partial charge in [0.2, 0.25) is 0 Å². The van der Waals surface area contributed by atoms with Gasteiger partial charge in [-0.1, -0.05) is 42.5 Å². The summed E-state index contributed by atoms with van der Waals surface area (Å²) < 4.78 is 36.9. The second kappa shape index (κ2) is 9.78. The Labute approximate surface area is 179 Å². The van der Waals surface area contributed by atoms with Crippen molar-refractivity contribution in [1.29, 1.82) is 0 Å². The number of nitrogens with zero attached hydrogens (tertiary/aromatic N) is 1. The molecule has 162 valence electrons. The molecule has 0 aromatic heterocycles. The van der Waals surface area contributed by atoms with Crippen molar-refractivity contribution < 1.29 is 27.6 Å². The number of hydrogen-bond acceptors (Lipinski definition) is 7. The number of sulfone groups is 1. The quantitative estimate of drug-likeness (QED) is 0.202. The highest BCUT2D eigenvalue weighted by Gasteiger charge is 2.43. The first-order valence-corrected chi connectivity index (χ1v) is 10.9. The average Bonchev–Trinajstić information content (AvgIpc) is 2.78. The Morgan fingerprint density at radius 3 is 2.39 bits per heavy atom. The van der Waals surface area contributed by atoms with E-state index in [2.05, 4.69) is 0 Å². The fraction of sp³-hybridized carbons (Fsp3) is 0.227. The molecule has 3 rings (SSSR count). The minimum Gasteiger partial charge on any atom is -0.359 e. The van der Waals surface area contributed by atoms with E-state index in [-0.39, 0.29) is 29.6 Å². The lowest BCUT2D eigenvalue weighted by Crippen LogP contribution is -2.38. The topological polar surface area (TPSA) is 113 Å². The molecule has 0 unspecified atom stereocenters. The number of rotatable bonds is 8. The van der Waals surface area contributed by atoms with E-state index in [0.29, 0.717) is 5.56 Å². The Kier molecular flexibility index (Phi) is 7.11. The number of benzene rings is 2. The summed E-state index contributed by atoms with van der Waals surface area (Å²) in [6, 6.07) is 13.3. The summed E-state index contributed by atoms with van der Waals surface area (Å²) in [6.45, 7) is 0.123. The summed E-state index contributed by atoms with van der Waals surface area (Å²) >= 11 is 0. The molecule has 1 aliphatic carbocycles. The van der Waals surface area contributed by atoms with Crippen molar-refractivity contribution in [2.24, 2.45) is 0 Å². The van der Waals surface area contributed by atoms with Crippen LogP contribution in [0.4, 0.5) is 5.69 Å². The number of non-ortho nitro benzene ring substituents is 1. The number of methoxy groups -OCH3 is 1. The molecule has 0 aliphatic heterocycles. The number of Topliss-reactive ketones (excluding diaryl/α,β-unsaturated/α-hetero) is 1. The molecule has 8 nitrogen and oxygen atoms in total. The van der Waals surface area contributed by atoms with E-state index in [0.717, 1.165) is 0 Å². The fourth-order valence-corrected chi connectivity index (χ4v) is 5.24. The van der Waals surface area contributed by atoms with E-state index >= 15 is 0 Å². The van der Waals surface area contributed by atoms with Crippen LogP contribution < -0.4 is 0 Å². The Morgan fingerprint density at radius 2 is 1.77 bits per heavy atom. The number of ketones is 1. The maximum Gasteiger partial charge on any atom is 0.269 e. The molecule has 2 atom stereocenters. The summed E-state index contributed by atoms with van der Waals surface area (Å²) in [7, 11) is -2.58. The van der Waals surface area contributed by atoms with Crippen molar-refractivity contribution >= 4 is 21.3 Å². The Bertz CT molecular complexity index is 1110. The zero-order chi connectivity index (χ0) is 22.4. The van der Waals surface area contributed by atoms with Gasteiger partial charge < -0.3 is 9.47 Å². The molecule has 0 bridgehead atoms. The van der Waals surface area contributed by atoms with Gasteiger partial charge in [-0.3, -0.25) is 14.9 Å². The summed E-state index contributed by atoms with van der Waals surface area (Å²) in [5, 5.41) is 9.55. The van der Waals surface area contributed by atoms with Crippen LogP contribution in [0.15, 0.2) is 83.3 Å². The lowest BCUT2D eigenvalue weighted by molar-refractivity contribution is -0.384. The van der Waals surface area contributed by atoms with Gasteiger partial charge in [0.1, 0.15) is 12.0 Å².